The summed E-state index contributed by atoms with van der Waals surface area (Å²) in [6.45, 7) is 2.90. The van der Waals surface area contributed by atoms with Crippen LogP contribution in [-0.4, -0.2) is 30.3 Å². The number of likely N-dealkylation sites (N-methyl/N-ethyl adjacent to an activating group) is 1. The molecule has 3 fully saturated rings. The van der Waals surface area contributed by atoms with Crippen molar-refractivity contribution in [3.05, 3.63) is 0 Å². The van der Waals surface area contributed by atoms with Crippen LogP contribution >= 0.6 is 0 Å². The third-order valence-corrected chi connectivity index (χ3v) is 5.29. The highest BCUT2D eigenvalue weighted by molar-refractivity contribution is 5.81. The molecular formula is C13H21NO. The number of carbonyl (C=O) groups excluding carboxylic acids is 1. The fourth-order valence-corrected chi connectivity index (χ4v) is 4.19. The molecular weight excluding hydrogens is 186 g/mol. The maximum Gasteiger partial charge on any atom is 0.146 e. The second-order valence-corrected chi connectivity index (χ2v) is 6.06. The lowest BCUT2D eigenvalue weighted by molar-refractivity contribution is -0.125. The summed E-state index contributed by atoms with van der Waals surface area (Å²) >= 11 is 0. The predicted octanol–water partition coefficient (Wildman–Crippen LogP) is 2.09. The second kappa shape index (κ2) is 3.07. The number of likely N-dealkylation sites (tertiary alicyclic amines) is 1. The minimum Gasteiger partial charge on any atom is -0.298 e. The number of hydrogen-bond acceptors (Lipinski definition) is 2. The van der Waals surface area contributed by atoms with Gasteiger partial charge in [-0.25, -0.2) is 0 Å². The molecule has 0 amide bonds. The van der Waals surface area contributed by atoms with E-state index in [4.69, 9.17) is 0 Å². The molecule has 0 bridgehead atoms. The monoisotopic (exact) mass is 207 g/mol. The highest BCUT2D eigenvalue weighted by Crippen LogP contribution is 2.66. The van der Waals surface area contributed by atoms with Gasteiger partial charge in [0.2, 0.25) is 0 Å². The van der Waals surface area contributed by atoms with E-state index in [9.17, 15) is 4.79 Å². The molecule has 84 valence electrons. The molecule has 1 heterocycles. The van der Waals surface area contributed by atoms with Crippen molar-refractivity contribution in [3.8, 4) is 0 Å². The minimum atomic E-state index is 0.220. The molecule has 0 aromatic rings. The maximum absolute atomic E-state index is 11.6. The molecule has 2 heteroatoms. The minimum absolute atomic E-state index is 0.220. The third-order valence-electron chi connectivity index (χ3n) is 5.29. The van der Waals surface area contributed by atoms with E-state index in [0.29, 0.717) is 11.2 Å². The van der Waals surface area contributed by atoms with Gasteiger partial charge >= 0.3 is 0 Å². The van der Waals surface area contributed by atoms with Crippen molar-refractivity contribution < 1.29 is 4.79 Å². The fourth-order valence-electron chi connectivity index (χ4n) is 4.19. The zero-order valence-corrected chi connectivity index (χ0v) is 9.83. The van der Waals surface area contributed by atoms with E-state index in [2.05, 4.69) is 11.9 Å². The first-order valence-electron chi connectivity index (χ1n) is 6.33. The summed E-state index contributed by atoms with van der Waals surface area (Å²) in [4.78, 5) is 13.9. The molecule has 0 aromatic heterocycles. The lowest BCUT2D eigenvalue weighted by atomic mass is 9.71. The third kappa shape index (κ3) is 1.37. The molecule has 0 radical (unpaired) electrons. The molecule has 2 nitrogen and oxygen atoms in total. The molecule has 15 heavy (non-hydrogen) atoms. The smallest absolute Gasteiger partial charge is 0.146 e. The Morgan fingerprint density at radius 2 is 2.20 bits per heavy atom. The molecule has 3 aliphatic rings. The van der Waals surface area contributed by atoms with E-state index in [1.807, 2.05) is 0 Å². The van der Waals surface area contributed by atoms with E-state index in [1.165, 1.54) is 25.7 Å². The molecule has 3 unspecified atom stereocenters. The van der Waals surface area contributed by atoms with Gasteiger partial charge in [-0.1, -0.05) is 0 Å². The molecule has 2 saturated carbocycles. The quantitative estimate of drug-likeness (QED) is 0.656. The Bertz CT molecular complexity index is 301. The number of hydrogen-bond donors (Lipinski definition) is 0. The molecule has 1 saturated heterocycles. The molecule has 4 atom stereocenters. The fraction of sp³-hybridized carbons (Fsp3) is 0.923. The number of ketones is 1. The average Bonchev–Trinajstić information content (AvgIpc) is 2.91. The van der Waals surface area contributed by atoms with Crippen molar-refractivity contribution in [3.63, 3.8) is 0 Å². The lowest BCUT2D eigenvalue weighted by Gasteiger charge is -2.43. The maximum atomic E-state index is 11.6. The molecule has 0 aromatic carbocycles. The van der Waals surface area contributed by atoms with E-state index in [-0.39, 0.29) is 6.04 Å². The summed E-state index contributed by atoms with van der Waals surface area (Å²) in [5.41, 5.74) is 0.577. The number of rotatable bonds is 1. The summed E-state index contributed by atoms with van der Waals surface area (Å²) in [5.74, 6) is 2.41. The van der Waals surface area contributed by atoms with E-state index in [0.717, 1.165) is 24.8 Å². The van der Waals surface area contributed by atoms with E-state index < -0.39 is 0 Å². The normalized spacial score (nSPS) is 49.3. The second-order valence-electron chi connectivity index (χ2n) is 6.06. The van der Waals surface area contributed by atoms with Crippen LogP contribution in [0.2, 0.25) is 0 Å². The lowest BCUT2D eigenvalue weighted by Crippen LogP contribution is -2.48. The van der Waals surface area contributed by atoms with Crippen LogP contribution in [0.25, 0.3) is 0 Å². The van der Waals surface area contributed by atoms with Crippen LogP contribution in [0.15, 0.2) is 0 Å². The van der Waals surface area contributed by atoms with Crippen molar-refractivity contribution in [1.29, 1.82) is 0 Å². The topological polar surface area (TPSA) is 20.3 Å². The van der Waals surface area contributed by atoms with Gasteiger partial charge in [0.05, 0.1) is 6.04 Å². The predicted molar refractivity (Wildman–Crippen MR) is 59.6 cm³/mol. The standard InChI is InChI=1S/C13H21NO/c1-9(15)12-8-13(5-6-14(12)2)4-3-10-7-11(10)13/h10-12H,3-8H2,1-2H3/t10?,11?,12-,13?/m0/s1. The van der Waals surface area contributed by atoms with Gasteiger partial charge in [0, 0.05) is 0 Å². The van der Waals surface area contributed by atoms with Gasteiger partial charge in [0.1, 0.15) is 5.78 Å². The molecule has 3 rings (SSSR count). The van der Waals surface area contributed by atoms with Crippen LogP contribution in [-0.2, 0) is 4.79 Å². The Balaban J connectivity index is 1.80. The Kier molecular flexibility index (Phi) is 2.01. The summed E-state index contributed by atoms with van der Waals surface area (Å²) in [5, 5.41) is 0. The molecule has 2 aliphatic carbocycles. The van der Waals surface area contributed by atoms with Crippen LogP contribution < -0.4 is 0 Å². The zero-order valence-electron chi connectivity index (χ0n) is 9.83. The number of Topliss-reactive ketones (excluding diaryl/α,β-unsaturated/α-hetero) is 1. The summed E-state index contributed by atoms with van der Waals surface area (Å²) in [6.07, 6.45) is 6.81. The van der Waals surface area contributed by atoms with E-state index in [1.54, 1.807) is 6.92 Å². The number of carbonyl (C=O) groups is 1. The van der Waals surface area contributed by atoms with Gasteiger partial charge in [-0.05, 0) is 69.9 Å². The first-order valence-corrected chi connectivity index (χ1v) is 6.33. The van der Waals surface area contributed by atoms with Crippen molar-refractivity contribution in [2.45, 2.75) is 45.1 Å². The molecule has 1 spiro atoms. The number of nitrogens with zero attached hydrogens (tertiary/aromatic N) is 1. The summed E-state index contributed by atoms with van der Waals surface area (Å²) < 4.78 is 0. The highest BCUT2D eigenvalue weighted by atomic mass is 16.1. The van der Waals surface area contributed by atoms with Crippen molar-refractivity contribution in [2.75, 3.05) is 13.6 Å². The largest absolute Gasteiger partial charge is 0.298 e. The highest BCUT2D eigenvalue weighted by Gasteiger charge is 2.59. The van der Waals surface area contributed by atoms with Gasteiger partial charge in [-0.2, -0.15) is 0 Å². The summed E-state index contributed by atoms with van der Waals surface area (Å²) in [7, 11) is 2.11. The van der Waals surface area contributed by atoms with Crippen LogP contribution in [0.4, 0.5) is 0 Å². The van der Waals surface area contributed by atoms with Crippen molar-refractivity contribution >= 4 is 5.78 Å². The first kappa shape index (κ1) is 9.83. The number of piperidine rings is 1. The van der Waals surface area contributed by atoms with Crippen LogP contribution in [0.3, 0.4) is 0 Å². The Hall–Kier alpha value is -0.370. The molecule has 0 N–H and O–H groups in total. The van der Waals surface area contributed by atoms with Crippen LogP contribution in [0.1, 0.15) is 39.0 Å². The van der Waals surface area contributed by atoms with Crippen molar-refractivity contribution in [1.82, 2.24) is 4.90 Å². The van der Waals surface area contributed by atoms with E-state index >= 15 is 0 Å². The van der Waals surface area contributed by atoms with Crippen LogP contribution in [0.5, 0.6) is 0 Å². The van der Waals surface area contributed by atoms with Gasteiger partial charge < -0.3 is 0 Å². The average molecular weight is 207 g/mol. The first-order chi connectivity index (χ1) is 7.12. The summed E-state index contributed by atoms with van der Waals surface area (Å²) in [6, 6.07) is 0.220. The van der Waals surface area contributed by atoms with Crippen LogP contribution in [0, 0.1) is 17.3 Å². The Morgan fingerprint density at radius 1 is 1.40 bits per heavy atom. The Morgan fingerprint density at radius 3 is 2.73 bits per heavy atom. The van der Waals surface area contributed by atoms with Crippen molar-refractivity contribution in [2.24, 2.45) is 17.3 Å². The van der Waals surface area contributed by atoms with Gasteiger partial charge in [0.25, 0.3) is 0 Å². The van der Waals surface area contributed by atoms with Gasteiger partial charge in [-0.15, -0.1) is 0 Å². The number of fused-ring (bicyclic) bond motifs is 2. The zero-order chi connectivity index (χ0) is 10.6. The van der Waals surface area contributed by atoms with Gasteiger partial charge in [-0.3, -0.25) is 9.69 Å². The van der Waals surface area contributed by atoms with Gasteiger partial charge in [0.15, 0.2) is 0 Å². The Labute approximate surface area is 92.0 Å². The molecule has 1 aliphatic heterocycles. The SMILES string of the molecule is CC(=O)[C@@H]1CC2(CCC3CC32)CCN1C.